The molecule has 20 atom stereocenters. The minimum atomic E-state index is -0.455. The summed E-state index contributed by atoms with van der Waals surface area (Å²) < 4.78 is 56.3. The van der Waals surface area contributed by atoms with Crippen molar-refractivity contribution in [3.05, 3.63) is 48.6 Å². The SMILES string of the molecule is C=C(C)C(=O)OC1(C)C2CC3CC(C2)CC1C3.C=C(C)C(=O)OC1(C)CCCC1.C=C(C)C(=O)OC1C2CC3C(=O)N(C(C)(C)C)C1C3C2.C=C(C)C(=O)OC1C2CC3C(=O)OC1C3C2.CCC(C)(C)C(=O)OC1(C)C2CC3CC(C2)CC1C3.CCC(C)(C)C(=O)OC1(C)CCCC1.CCC(C)(C)C(=O)OC1C2CC3C(=O)N(C(C)(C)C)C1C3C2.CCC(C)(C)C(=O)OC1C2CC3C(=O)OC1C3C2. The van der Waals surface area contributed by atoms with Gasteiger partial charge in [0.05, 0.1) is 45.6 Å². The summed E-state index contributed by atoms with van der Waals surface area (Å²) in [5, 5.41) is 0. The topological polar surface area (TPSA) is 304 Å². The Morgan fingerprint density at radius 3 is 0.928 bits per heavy atom. The number of rotatable bonds is 20. The highest BCUT2D eigenvalue weighted by Crippen LogP contribution is 2.65. The summed E-state index contributed by atoms with van der Waals surface area (Å²) in [4.78, 5) is 148. The van der Waals surface area contributed by atoms with Gasteiger partial charge in [0.15, 0.2) is 0 Å². The summed E-state index contributed by atoms with van der Waals surface area (Å²) in [6.07, 6.45) is 31.4. The molecule has 18 saturated carbocycles. The van der Waals surface area contributed by atoms with E-state index in [0.717, 1.165) is 126 Å². The molecule has 22 aliphatic rings. The van der Waals surface area contributed by atoms with Gasteiger partial charge in [-0.15, -0.1) is 0 Å². The molecule has 0 aromatic heterocycles. The average Bonchev–Trinajstić information content (AvgIpc) is 1.52. The summed E-state index contributed by atoms with van der Waals surface area (Å²) in [5.74, 6) is 8.16. The van der Waals surface area contributed by atoms with Gasteiger partial charge in [-0.25, -0.2) is 19.2 Å². The van der Waals surface area contributed by atoms with Gasteiger partial charge >= 0.3 is 59.7 Å². The highest BCUT2D eigenvalue weighted by atomic mass is 16.6. The van der Waals surface area contributed by atoms with Crippen LogP contribution in [0.4, 0.5) is 0 Å². The number of carbonyl (C=O) groups excluding carboxylic acids is 12. The first kappa shape index (κ1) is 108. The van der Waals surface area contributed by atoms with Gasteiger partial charge in [-0.1, -0.05) is 54.0 Å². The maximum absolute atomic E-state index is 12.7. The van der Waals surface area contributed by atoms with Crippen LogP contribution in [0, 0.1) is 140 Å². The van der Waals surface area contributed by atoms with Gasteiger partial charge in [0.1, 0.15) is 59.0 Å². The number of hydrogen-bond donors (Lipinski definition) is 0. The molecule has 20 unspecified atom stereocenters. The van der Waals surface area contributed by atoms with Crippen LogP contribution in [0.1, 0.15) is 373 Å². The fourth-order valence-corrected chi connectivity index (χ4v) is 28.4. The molecule has 0 N–H and O–H groups in total. The maximum atomic E-state index is 12.7. The Bertz CT molecular complexity index is 4590. The zero-order valence-electron chi connectivity index (χ0n) is 89.1. The third-order valence-electron chi connectivity index (χ3n) is 38.0. The molecule has 4 saturated heterocycles. The van der Waals surface area contributed by atoms with Gasteiger partial charge in [-0.2, -0.15) is 0 Å². The number of likely N-dealkylation sites (tertiary alicyclic amines) is 2. The number of nitrogens with zero attached hydrogens (tertiary/aromatic N) is 2. The maximum Gasteiger partial charge on any atom is 0.333 e. The van der Waals surface area contributed by atoms with Crippen LogP contribution in [0.15, 0.2) is 48.6 Å². The number of fused-ring (bicyclic) bond motifs is 4. The molecule has 24 heteroatoms. The van der Waals surface area contributed by atoms with E-state index in [-0.39, 0.29) is 194 Å². The van der Waals surface area contributed by atoms with Crippen molar-refractivity contribution in [1.29, 1.82) is 0 Å². The molecule has 24 nitrogen and oxygen atoms in total. The largest absolute Gasteiger partial charge is 0.459 e. The molecule has 2 amide bonds. The van der Waals surface area contributed by atoms with Gasteiger partial charge in [0.2, 0.25) is 11.8 Å². The van der Waals surface area contributed by atoms with E-state index in [0.29, 0.717) is 87.4 Å². The third-order valence-corrected chi connectivity index (χ3v) is 38.0. The Labute approximate surface area is 825 Å². The lowest BCUT2D eigenvalue weighted by atomic mass is 9.50. The van der Waals surface area contributed by atoms with Gasteiger partial charge in [0.25, 0.3) is 0 Å². The molecular formula is C114H174N2O22. The number of amides is 2. The minimum Gasteiger partial charge on any atom is -0.459 e. The van der Waals surface area contributed by atoms with E-state index in [9.17, 15) is 57.5 Å². The Kier molecular flexibility index (Phi) is 31.5. The quantitative estimate of drug-likeness (QED) is 0.0621. The normalized spacial score (nSPS) is 37.7. The minimum absolute atomic E-state index is 0.0185. The molecule has 16 bridgehead atoms. The first-order valence-corrected chi connectivity index (χ1v) is 53.5. The summed E-state index contributed by atoms with van der Waals surface area (Å²) in [7, 11) is 0. The summed E-state index contributed by atoms with van der Waals surface area (Å²) in [6, 6.07) is 0.155. The second-order valence-corrected chi connectivity index (χ2v) is 51.9. The van der Waals surface area contributed by atoms with Crippen LogP contribution in [0.2, 0.25) is 0 Å². The van der Waals surface area contributed by atoms with Crippen LogP contribution in [-0.4, -0.2) is 163 Å². The molecule has 4 heterocycles. The Morgan fingerprint density at radius 1 is 0.326 bits per heavy atom. The number of ether oxygens (including phenoxy) is 10. The molecule has 4 aliphatic heterocycles. The van der Waals surface area contributed by atoms with Crippen molar-refractivity contribution in [2.24, 2.45) is 140 Å². The van der Waals surface area contributed by atoms with Crippen LogP contribution in [-0.2, 0) is 105 Å². The van der Waals surface area contributed by atoms with Crippen molar-refractivity contribution < 1.29 is 105 Å². The zero-order valence-corrected chi connectivity index (χ0v) is 89.1. The van der Waals surface area contributed by atoms with E-state index in [1.54, 1.807) is 27.7 Å². The monoisotopic (exact) mass is 1920 g/mol. The molecular weight excluding hydrogens is 1750 g/mol. The van der Waals surface area contributed by atoms with Gasteiger partial charge < -0.3 is 57.2 Å². The van der Waals surface area contributed by atoms with Crippen LogP contribution < -0.4 is 0 Å². The van der Waals surface area contributed by atoms with Crippen LogP contribution >= 0.6 is 0 Å². The van der Waals surface area contributed by atoms with Crippen molar-refractivity contribution >= 4 is 71.5 Å². The molecule has 0 radical (unpaired) electrons. The number of carbonyl (C=O) groups is 12. The molecule has 0 aromatic carbocycles. The van der Waals surface area contributed by atoms with Crippen molar-refractivity contribution in [2.75, 3.05) is 0 Å². The summed E-state index contributed by atoms with van der Waals surface area (Å²) in [5.41, 5.74) is -0.924. The van der Waals surface area contributed by atoms with Crippen molar-refractivity contribution in [2.45, 2.75) is 455 Å². The predicted molar refractivity (Wildman–Crippen MR) is 523 cm³/mol. The standard InChI is InChI=1S/C18H29NO3.C17H28O2.C16H23NO3.C15H22O2.C14H20O4.C12H14O4.C12H22O2.C10H16O2/c1-7-18(5,6)16(21)22-14-10-8-11-12(9-10)15(20)19(13(11)14)17(2,3)4;1-5-16(2,3)15(18)19-17(4)13-7-11-6-12(9-13)10-14(17)8-11;1-8(2)15(19)20-13-9-6-10-11(7-9)14(18)17(12(10)13)16(3,4)5;1-9(2)14(16)17-15(3)12-5-10-4-11(7-12)8-13(15)6-10;1-4-14(2,3)13(16)18-10-7-5-8-9(6-7)12(15)17-11(8)10;1-5(2)11(13)15-9-6-3-7-8(4-6)12(14)16-10(7)9;1-5-11(2,3)10(13)14-12(4)8-6-7-9-12;1-8(2)9(11)12-10(3)6-4-5-7-10/h10-14H,7-9H2,1-6H3;11-14H,5-10H2,1-4H3;9-13H,1,6-7H2,2-5H3;10-13H,1,4-8H2,2-3H3;7-11H,4-6H2,1-3H3;6-10H,1,3-4H2,2H3;5-9H2,1-4H3;1,4-7H2,2-3H3. The second kappa shape index (κ2) is 40.3. The highest BCUT2D eigenvalue weighted by Gasteiger charge is 2.70. The second-order valence-electron chi connectivity index (χ2n) is 51.9. The molecule has 18 aliphatic carbocycles. The first-order valence-electron chi connectivity index (χ1n) is 53.5. The molecule has 22 rings (SSSR count). The summed E-state index contributed by atoms with van der Waals surface area (Å²) >= 11 is 0. The summed E-state index contributed by atoms with van der Waals surface area (Å²) in [6.45, 7) is 65.7. The van der Waals surface area contributed by atoms with Gasteiger partial charge in [-0.3, -0.25) is 38.4 Å². The van der Waals surface area contributed by atoms with E-state index in [4.69, 9.17) is 47.4 Å². The van der Waals surface area contributed by atoms with E-state index >= 15 is 0 Å². The van der Waals surface area contributed by atoms with Crippen LogP contribution in [0.25, 0.3) is 0 Å². The van der Waals surface area contributed by atoms with Crippen LogP contribution in [0.5, 0.6) is 0 Å². The molecule has 22 fully saturated rings. The van der Waals surface area contributed by atoms with Crippen molar-refractivity contribution in [3.63, 3.8) is 0 Å². The lowest BCUT2D eigenvalue weighted by molar-refractivity contribution is -0.211. The molecule has 138 heavy (non-hydrogen) atoms. The molecule has 0 spiro atoms. The third kappa shape index (κ3) is 21.7. The van der Waals surface area contributed by atoms with Gasteiger partial charge in [-0.05, 0) is 416 Å². The lowest BCUT2D eigenvalue weighted by Gasteiger charge is -2.59. The van der Waals surface area contributed by atoms with E-state index in [1.807, 2.05) is 92.9 Å². The Hall–Kier alpha value is -7.40. The van der Waals surface area contributed by atoms with Crippen molar-refractivity contribution in [1.82, 2.24) is 9.80 Å². The lowest BCUT2D eigenvalue weighted by Crippen LogP contribution is -2.58. The number of esters is 10. The molecule has 772 valence electrons. The fraction of sp³-hybridized carbons (Fsp3) is 0.825. The Morgan fingerprint density at radius 2 is 0.594 bits per heavy atom. The first-order chi connectivity index (χ1) is 64.1. The average molecular weight is 1920 g/mol. The smallest absolute Gasteiger partial charge is 0.333 e. The van der Waals surface area contributed by atoms with Gasteiger partial charge in [0, 0.05) is 68.9 Å². The van der Waals surface area contributed by atoms with Crippen LogP contribution in [0.3, 0.4) is 0 Å². The predicted octanol–water partition coefficient (Wildman–Crippen LogP) is 21.3. The zero-order chi connectivity index (χ0) is 102. The molecule has 0 aromatic rings. The Balaban J connectivity index is 0.000000134. The van der Waals surface area contributed by atoms with E-state index in [2.05, 4.69) is 95.6 Å². The highest BCUT2D eigenvalue weighted by molar-refractivity contribution is 5.90. The van der Waals surface area contributed by atoms with Crippen molar-refractivity contribution in [3.8, 4) is 0 Å². The number of hydrogen-bond acceptors (Lipinski definition) is 22. The van der Waals surface area contributed by atoms with E-state index < -0.39 is 10.8 Å². The van der Waals surface area contributed by atoms with E-state index in [1.165, 1.54) is 89.9 Å². The fourth-order valence-electron chi connectivity index (χ4n) is 28.4.